The van der Waals surface area contributed by atoms with E-state index < -0.39 is 9.84 Å². The standard InChI is InChI=1S/C25H34N6O3S/c1-19(2)17-24(30-15-13-29(14-16-30)21-7-9-22(34-4)10-8-21)25-26-27-28-31(25)18-35(32,33)23-11-5-20(3)6-12-23/h5-12,19,24H,13-18H2,1-4H3. The lowest BCUT2D eigenvalue weighted by atomic mass is 10.0. The average molecular weight is 499 g/mol. The van der Waals surface area contributed by atoms with Crippen LogP contribution in [0.25, 0.3) is 0 Å². The lowest BCUT2D eigenvalue weighted by Gasteiger charge is -2.40. The lowest BCUT2D eigenvalue weighted by Crippen LogP contribution is -2.48. The number of aromatic nitrogens is 4. The second-order valence-electron chi connectivity index (χ2n) is 9.46. The number of rotatable bonds is 9. The molecule has 0 radical (unpaired) electrons. The number of sulfone groups is 1. The summed E-state index contributed by atoms with van der Waals surface area (Å²) in [6, 6.07) is 14.9. The van der Waals surface area contributed by atoms with Crippen LogP contribution in [0.1, 0.15) is 37.7 Å². The maximum absolute atomic E-state index is 13.1. The van der Waals surface area contributed by atoms with Gasteiger partial charge in [-0.25, -0.2) is 13.1 Å². The van der Waals surface area contributed by atoms with E-state index in [-0.39, 0.29) is 16.8 Å². The number of aryl methyl sites for hydroxylation is 1. The summed E-state index contributed by atoms with van der Waals surface area (Å²) in [6.07, 6.45) is 0.841. The Kier molecular flexibility index (Phi) is 7.71. The van der Waals surface area contributed by atoms with Gasteiger partial charge in [-0.3, -0.25) is 4.90 Å². The van der Waals surface area contributed by atoms with E-state index in [1.54, 1.807) is 31.4 Å². The number of piperazine rings is 1. The highest BCUT2D eigenvalue weighted by atomic mass is 32.2. The molecule has 1 unspecified atom stereocenters. The minimum atomic E-state index is -3.58. The molecule has 1 aliphatic rings. The first-order valence-corrected chi connectivity index (χ1v) is 13.6. The van der Waals surface area contributed by atoms with Gasteiger partial charge in [0.05, 0.1) is 18.0 Å². The highest BCUT2D eigenvalue weighted by molar-refractivity contribution is 7.90. The Morgan fingerprint density at radius 3 is 2.23 bits per heavy atom. The largest absolute Gasteiger partial charge is 0.497 e. The van der Waals surface area contributed by atoms with Gasteiger partial charge in [0, 0.05) is 31.9 Å². The van der Waals surface area contributed by atoms with Crippen molar-refractivity contribution in [1.29, 1.82) is 0 Å². The summed E-state index contributed by atoms with van der Waals surface area (Å²) in [5.74, 6) is 1.57. The molecule has 0 saturated carbocycles. The molecule has 9 nitrogen and oxygen atoms in total. The van der Waals surface area contributed by atoms with Crippen LogP contribution in [0.5, 0.6) is 5.75 Å². The Labute approximate surface area is 207 Å². The fraction of sp³-hybridized carbons (Fsp3) is 0.480. The molecule has 1 saturated heterocycles. The predicted octanol–water partition coefficient (Wildman–Crippen LogP) is 3.33. The number of hydrogen-bond donors (Lipinski definition) is 0. The number of methoxy groups -OCH3 is 1. The molecule has 2 heterocycles. The topological polar surface area (TPSA) is 93.4 Å². The molecular weight excluding hydrogens is 464 g/mol. The molecule has 0 amide bonds. The van der Waals surface area contributed by atoms with Gasteiger partial charge >= 0.3 is 0 Å². The van der Waals surface area contributed by atoms with Gasteiger partial charge in [0.2, 0.25) is 0 Å². The van der Waals surface area contributed by atoms with Crippen molar-refractivity contribution in [2.24, 2.45) is 5.92 Å². The Morgan fingerprint density at radius 2 is 1.63 bits per heavy atom. The molecule has 0 aliphatic carbocycles. The SMILES string of the molecule is COc1ccc(N2CCN(C(CC(C)C)c3nnnn3CS(=O)(=O)c3ccc(C)cc3)CC2)cc1. The van der Waals surface area contributed by atoms with Crippen LogP contribution in [0.15, 0.2) is 53.4 Å². The summed E-state index contributed by atoms with van der Waals surface area (Å²) in [5, 5.41) is 12.2. The molecule has 0 bridgehead atoms. The first kappa shape index (κ1) is 25.1. The van der Waals surface area contributed by atoms with E-state index in [2.05, 4.69) is 51.3 Å². The number of tetrazole rings is 1. The Balaban J connectivity index is 1.51. The van der Waals surface area contributed by atoms with Crippen molar-refractivity contribution in [3.05, 3.63) is 59.9 Å². The van der Waals surface area contributed by atoms with Gasteiger partial charge in [0.1, 0.15) is 5.75 Å². The predicted molar refractivity (Wildman–Crippen MR) is 135 cm³/mol. The monoisotopic (exact) mass is 498 g/mol. The maximum Gasteiger partial charge on any atom is 0.198 e. The third-order valence-electron chi connectivity index (χ3n) is 6.42. The molecule has 1 atom stereocenters. The fourth-order valence-electron chi connectivity index (χ4n) is 4.47. The minimum Gasteiger partial charge on any atom is -0.497 e. The van der Waals surface area contributed by atoms with E-state index in [0.29, 0.717) is 11.7 Å². The van der Waals surface area contributed by atoms with E-state index in [1.165, 1.54) is 10.4 Å². The molecule has 35 heavy (non-hydrogen) atoms. The van der Waals surface area contributed by atoms with Crippen molar-refractivity contribution in [1.82, 2.24) is 25.1 Å². The van der Waals surface area contributed by atoms with Crippen molar-refractivity contribution in [2.45, 2.75) is 44.0 Å². The smallest absolute Gasteiger partial charge is 0.198 e. The van der Waals surface area contributed by atoms with Gasteiger partial charge in [0.15, 0.2) is 21.5 Å². The van der Waals surface area contributed by atoms with E-state index in [1.807, 2.05) is 19.1 Å². The molecular formula is C25H34N6O3S. The number of hydrogen-bond acceptors (Lipinski definition) is 8. The summed E-state index contributed by atoms with van der Waals surface area (Å²) >= 11 is 0. The van der Waals surface area contributed by atoms with Crippen LogP contribution >= 0.6 is 0 Å². The maximum atomic E-state index is 13.1. The van der Waals surface area contributed by atoms with Gasteiger partial charge in [-0.15, -0.1) is 5.10 Å². The molecule has 1 aliphatic heterocycles. The van der Waals surface area contributed by atoms with Gasteiger partial charge < -0.3 is 9.64 Å². The van der Waals surface area contributed by atoms with Gasteiger partial charge in [-0.2, -0.15) is 0 Å². The zero-order valence-corrected chi connectivity index (χ0v) is 21.6. The zero-order chi connectivity index (χ0) is 25.0. The van der Waals surface area contributed by atoms with Crippen LogP contribution in [0, 0.1) is 12.8 Å². The second-order valence-corrected chi connectivity index (χ2v) is 11.4. The van der Waals surface area contributed by atoms with Crippen molar-refractivity contribution in [2.75, 3.05) is 38.2 Å². The molecule has 0 N–H and O–H groups in total. The first-order valence-electron chi connectivity index (χ1n) is 12.0. The third-order valence-corrected chi connectivity index (χ3v) is 7.99. The summed E-state index contributed by atoms with van der Waals surface area (Å²) < 4.78 is 32.9. The lowest BCUT2D eigenvalue weighted by molar-refractivity contribution is 0.153. The summed E-state index contributed by atoms with van der Waals surface area (Å²) in [5.41, 5.74) is 2.18. The van der Waals surface area contributed by atoms with Gasteiger partial charge in [0.25, 0.3) is 0 Å². The number of nitrogens with zero attached hydrogens (tertiary/aromatic N) is 6. The van der Waals surface area contributed by atoms with E-state index in [0.717, 1.165) is 43.9 Å². The van der Waals surface area contributed by atoms with Crippen LogP contribution in [0.3, 0.4) is 0 Å². The molecule has 0 spiro atoms. The molecule has 10 heteroatoms. The van der Waals surface area contributed by atoms with Crippen molar-refractivity contribution in [3.63, 3.8) is 0 Å². The van der Waals surface area contributed by atoms with Crippen LogP contribution in [0.4, 0.5) is 5.69 Å². The van der Waals surface area contributed by atoms with E-state index >= 15 is 0 Å². The first-order chi connectivity index (χ1) is 16.8. The van der Waals surface area contributed by atoms with Crippen LogP contribution < -0.4 is 9.64 Å². The molecule has 1 aromatic heterocycles. The van der Waals surface area contributed by atoms with Crippen LogP contribution in [-0.2, 0) is 15.7 Å². The number of benzene rings is 2. The van der Waals surface area contributed by atoms with Crippen molar-refractivity contribution in [3.8, 4) is 5.75 Å². The highest BCUT2D eigenvalue weighted by Crippen LogP contribution is 2.29. The van der Waals surface area contributed by atoms with Crippen molar-refractivity contribution < 1.29 is 13.2 Å². The normalized spacial score (nSPS) is 16.0. The Morgan fingerprint density at radius 1 is 0.971 bits per heavy atom. The molecule has 188 valence electrons. The van der Waals surface area contributed by atoms with Crippen molar-refractivity contribution >= 4 is 15.5 Å². The van der Waals surface area contributed by atoms with E-state index in [9.17, 15) is 8.42 Å². The van der Waals surface area contributed by atoms with Crippen LogP contribution in [-0.4, -0.2) is 66.8 Å². The Hall–Kier alpha value is -2.98. The second kappa shape index (κ2) is 10.7. The zero-order valence-electron chi connectivity index (χ0n) is 20.8. The molecule has 3 aromatic rings. The molecule has 4 rings (SSSR count). The summed E-state index contributed by atoms with van der Waals surface area (Å²) in [6.45, 7) is 9.66. The quantitative estimate of drug-likeness (QED) is 0.444. The van der Waals surface area contributed by atoms with Crippen LogP contribution in [0.2, 0.25) is 0 Å². The average Bonchev–Trinajstić information content (AvgIpc) is 3.30. The highest BCUT2D eigenvalue weighted by Gasteiger charge is 2.31. The van der Waals surface area contributed by atoms with Gasteiger partial charge in [-0.05, 0) is 66.1 Å². The number of ether oxygens (including phenoxy) is 1. The molecule has 2 aromatic carbocycles. The van der Waals surface area contributed by atoms with Gasteiger partial charge in [-0.1, -0.05) is 31.5 Å². The summed E-state index contributed by atoms with van der Waals surface area (Å²) in [7, 11) is -1.91. The third kappa shape index (κ3) is 5.99. The number of anilines is 1. The fourth-order valence-corrected chi connectivity index (χ4v) is 5.68. The minimum absolute atomic E-state index is 0.0590. The molecule has 1 fully saturated rings. The van der Waals surface area contributed by atoms with E-state index in [4.69, 9.17) is 4.74 Å². The Bertz CT molecular complexity index is 1200. The summed E-state index contributed by atoms with van der Waals surface area (Å²) in [4.78, 5) is 5.01.